The number of allylic oxidation sites excluding steroid dienone is 31. The van der Waals surface area contributed by atoms with Gasteiger partial charge in [0.25, 0.3) is 0 Å². The number of phosphoric ester groups is 1. The van der Waals surface area contributed by atoms with Crippen LogP contribution in [0.2, 0.25) is 0 Å². The molecule has 0 aromatic heterocycles. The maximum Gasteiger partial charge on any atom is 0.472 e. The first-order valence-electron chi connectivity index (χ1n) is 28.3. The van der Waals surface area contributed by atoms with Crippen LogP contribution < -0.4 is 0 Å². The minimum Gasteiger partial charge on any atom is -0.462 e. The van der Waals surface area contributed by atoms with Crippen molar-refractivity contribution in [2.45, 2.75) is 174 Å². The van der Waals surface area contributed by atoms with Crippen molar-refractivity contribution in [1.29, 1.82) is 0 Å². The monoisotopic (exact) mass is 1100 g/mol. The highest BCUT2D eigenvalue weighted by Crippen LogP contribution is 2.43. The van der Waals surface area contributed by atoms with Crippen molar-refractivity contribution in [3.8, 4) is 0 Å². The maximum absolute atomic E-state index is 12.9. The highest BCUT2D eigenvalue weighted by Gasteiger charge is 2.28. The number of carbonyl (C=O) groups excluding carboxylic acids is 3. The number of aliphatic hydroxyl groups excluding tert-OH is 1. The highest BCUT2D eigenvalue weighted by molar-refractivity contribution is 7.47. The molecule has 0 aliphatic carbocycles. The number of carbonyl (C=O) groups is 3. The van der Waals surface area contributed by atoms with E-state index in [1.165, 1.54) is 0 Å². The third-order valence-electron chi connectivity index (χ3n) is 10.5. The van der Waals surface area contributed by atoms with Crippen LogP contribution in [-0.2, 0) is 42.2 Å². The van der Waals surface area contributed by atoms with Gasteiger partial charge in [0.05, 0.1) is 26.2 Å². The van der Waals surface area contributed by atoms with Crippen LogP contribution in [0.25, 0.3) is 0 Å². The van der Waals surface area contributed by atoms with Crippen LogP contribution in [0.4, 0.5) is 0 Å². The van der Waals surface area contributed by atoms with Gasteiger partial charge in [-0.2, -0.15) is 0 Å². The first kappa shape index (κ1) is 72.3. The molecular weight excluding hydrogens is 1000 g/mol. The third kappa shape index (κ3) is 55.1. The van der Waals surface area contributed by atoms with E-state index in [2.05, 4.69) is 161 Å². The Labute approximate surface area is 471 Å². The van der Waals surface area contributed by atoms with Gasteiger partial charge in [0.15, 0.2) is 6.10 Å². The molecule has 3 unspecified atom stereocenters. The topological polar surface area (TPSA) is 155 Å². The minimum absolute atomic E-state index is 0.0102. The first-order valence-corrected chi connectivity index (χ1v) is 29.8. The van der Waals surface area contributed by atoms with Crippen LogP contribution in [0.15, 0.2) is 194 Å². The van der Waals surface area contributed by atoms with E-state index in [0.29, 0.717) is 32.1 Å². The van der Waals surface area contributed by atoms with E-state index in [1.807, 2.05) is 48.6 Å². The molecule has 432 valence electrons. The van der Waals surface area contributed by atoms with E-state index in [1.54, 1.807) is 6.08 Å². The molecule has 0 amide bonds. The summed E-state index contributed by atoms with van der Waals surface area (Å²) in [5.41, 5.74) is 0. The van der Waals surface area contributed by atoms with Crippen LogP contribution in [-0.4, -0.2) is 66.5 Å². The van der Waals surface area contributed by atoms with E-state index < -0.39 is 64.4 Å². The molecule has 0 aromatic rings. The fourth-order valence-electron chi connectivity index (χ4n) is 6.37. The Morgan fingerprint density at radius 3 is 1.04 bits per heavy atom. The van der Waals surface area contributed by atoms with Gasteiger partial charge in [0, 0.05) is 12.8 Å². The van der Waals surface area contributed by atoms with E-state index in [4.69, 9.17) is 23.3 Å². The van der Waals surface area contributed by atoms with Gasteiger partial charge in [-0.1, -0.05) is 215 Å². The van der Waals surface area contributed by atoms with Crippen LogP contribution in [0.3, 0.4) is 0 Å². The van der Waals surface area contributed by atoms with Crippen molar-refractivity contribution < 1.29 is 52.2 Å². The number of hydrogen-bond acceptors (Lipinski definition) is 10. The van der Waals surface area contributed by atoms with Crippen molar-refractivity contribution in [3.63, 3.8) is 0 Å². The smallest absolute Gasteiger partial charge is 0.462 e. The summed E-state index contributed by atoms with van der Waals surface area (Å²) in [5.74, 6) is -1.81. The molecule has 3 atom stereocenters. The van der Waals surface area contributed by atoms with Crippen molar-refractivity contribution >= 4 is 25.7 Å². The third-order valence-corrected chi connectivity index (χ3v) is 11.5. The zero-order valence-corrected chi connectivity index (χ0v) is 48.4. The van der Waals surface area contributed by atoms with Gasteiger partial charge in [-0.25, -0.2) is 4.57 Å². The van der Waals surface area contributed by atoms with Gasteiger partial charge < -0.3 is 24.2 Å². The molecule has 2 N–H and O–H groups in total. The molecule has 0 saturated carbocycles. The molecule has 11 nitrogen and oxygen atoms in total. The van der Waals surface area contributed by atoms with Crippen molar-refractivity contribution in [1.82, 2.24) is 0 Å². The average molecular weight is 1100 g/mol. The maximum atomic E-state index is 12.9. The Morgan fingerprint density at radius 1 is 0.372 bits per heavy atom. The van der Waals surface area contributed by atoms with Crippen LogP contribution >= 0.6 is 7.82 Å². The van der Waals surface area contributed by atoms with Gasteiger partial charge in [-0.05, 0) is 122 Å². The Hall–Kier alpha value is -5.68. The Balaban J connectivity index is 5.05. The molecule has 78 heavy (non-hydrogen) atoms. The number of esters is 3. The van der Waals surface area contributed by atoms with Gasteiger partial charge in [0.2, 0.25) is 0 Å². The van der Waals surface area contributed by atoms with Gasteiger partial charge in [-0.15, -0.1) is 0 Å². The molecule has 0 rings (SSSR count). The van der Waals surface area contributed by atoms with Crippen molar-refractivity contribution in [3.05, 3.63) is 194 Å². The van der Waals surface area contributed by atoms with Crippen LogP contribution in [0.1, 0.15) is 162 Å². The average Bonchev–Trinajstić information content (AvgIpc) is 3.43. The van der Waals surface area contributed by atoms with Gasteiger partial charge in [0.1, 0.15) is 12.7 Å². The molecule has 0 spiro atoms. The number of rotatable bonds is 49. The Kier molecular flexibility index (Phi) is 53.3. The van der Waals surface area contributed by atoms with E-state index in [-0.39, 0.29) is 19.3 Å². The summed E-state index contributed by atoms with van der Waals surface area (Å²) in [6, 6.07) is 0. The number of aliphatic hydroxyl groups is 1. The summed E-state index contributed by atoms with van der Waals surface area (Å²) in [7, 11) is -4.82. The van der Waals surface area contributed by atoms with E-state index in [0.717, 1.165) is 89.9 Å². The lowest BCUT2D eigenvalue weighted by molar-refractivity contribution is -0.161. The quantitative estimate of drug-likeness (QED) is 0.0197. The predicted molar refractivity (Wildman–Crippen MR) is 324 cm³/mol. The fourth-order valence-corrected chi connectivity index (χ4v) is 7.16. The molecule has 0 saturated heterocycles. The SMILES string of the molecule is CC/C=C\C/C=C\C/C=C\C/C=C\C/C=C\C/C=C\CCC(=O)OC(COC(=O)CCC/C=C\C/C=C\C/C=C\C/C=C\C/C=C\CC)COP(=O)(O)OCC(CO)OC(=O)C/C=C\C/C=C\C/C=C\C/C=C\C/C=C\CC. The molecule has 0 aromatic carbocycles. The number of hydrogen-bond donors (Lipinski definition) is 2. The molecule has 12 heteroatoms. The molecule has 0 aliphatic rings. The summed E-state index contributed by atoms with van der Waals surface area (Å²) in [4.78, 5) is 48.4. The van der Waals surface area contributed by atoms with Gasteiger partial charge >= 0.3 is 25.7 Å². The largest absolute Gasteiger partial charge is 0.472 e. The second-order valence-corrected chi connectivity index (χ2v) is 19.1. The first-order chi connectivity index (χ1) is 38.2. The second-order valence-electron chi connectivity index (χ2n) is 17.6. The molecule has 0 fully saturated rings. The lowest BCUT2D eigenvalue weighted by Gasteiger charge is -2.21. The number of unbranched alkanes of at least 4 members (excludes halogenated alkanes) is 1. The number of phosphoric acid groups is 1. The summed E-state index contributed by atoms with van der Waals surface area (Å²) >= 11 is 0. The highest BCUT2D eigenvalue weighted by atomic mass is 31.2. The van der Waals surface area contributed by atoms with E-state index in [9.17, 15) is 28.9 Å². The molecule has 0 heterocycles. The van der Waals surface area contributed by atoms with Crippen LogP contribution in [0.5, 0.6) is 0 Å². The van der Waals surface area contributed by atoms with Crippen molar-refractivity contribution in [2.24, 2.45) is 0 Å². The molecule has 0 bridgehead atoms. The Bertz CT molecular complexity index is 2050. The molecular formula is C66H97O11P. The van der Waals surface area contributed by atoms with Crippen LogP contribution in [0, 0.1) is 0 Å². The molecule has 0 aliphatic heterocycles. The fraction of sp³-hybridized carbons (Fsp3) is 0.470. The number of ether oxygens (including phenoxy) is 3. The predicted octanol–water partition coefficient (Wildman–Crippen LogP) is 17.0. The summed E-state index contributed by atoms with van der Waals surface area (Å²) in [6.07, 6.45) is 80.2. The standard InChI is InChI=1S/C66H97O11P/c1-4-7-10-13-16-19-22-25-28-30-31-33-36-39-42-45-48-51-54-57-66(70)77-63(59-73-64(68)55-52-49-46-43-40-37-35-32-29-26-23-20-17-14-11-8-5-2)61-75-78(71,72)74-60-62(58-67)76-65(69)56-53-50-47-44-41-38-34-27-24-21-18-15-12-9-6-3/h7-12,16-21,25-29,31,33-35,37,39,41-44,46,48,50-51,53,62-63,67H,4-6,13-15,22-24,30,32,36,38,40,45,47,49,52,54-61H2,1-3H3,(H,71,72)/b10-7-,11-8-,12-9-,19-16-,20-17-,21-18-,28-25-,29-26-,33-31-,34-27-,37-35-,42-39-,44-41-,46-43-,51-48-,53-50-. The summed E-state index contributed by atoms with van der Waals surface area (Å²) in [6.45, 7) is 3.99. The summed E-state index contributed by atoms with van der Waals surface area (Å²) < 4.78 is 39.2. The van der Waals surface area contributed by atoms with Gasteiger partial charge in [-0.3, -0.25) is 23.4 Å². The second kappa shape index (κ2) is 57.5. The summed E-state index contributed by atoms with van der Waals surface area (Å²) in [5, 5.41) is 9.79. The minimum atomic E-state index is -4.82. The lowest BCUT2D eigenvalue weighted by Crippen LogP contribution is -2.30. The Morgan fingerprint density at radius 2 is 0.679 bits per heavy atom. The van der Waals surface area contributed by atoms with Crippen molar-refractivity contribution in [2.75, 3.05) is 26.4 Å². The molecule has 0 radical (unpaired) electrons. The zero-order chi connectivity index (χ0) is 56.9. The van der Waals surface area contributed by atoms with E-state index >= 15 is 0 Å². The lowest BCUT2D eigenvalue weighted by atomic mass is 10.2. The zero-order valence-electron chi connectivity index (χ0n) is 47.5. The normalized spacial score (nSPS) is 14.8.